The second-order valence-corrected chi connectivity index (χ2v) is 3.97. The lowest BCUT2D eigenvalue weighted by atomic mass is 10.1. The van der Waals surface area contributed by atoms with Gasteiger partial charge in [-0.25, -0.2) is 4.98 Å². The molecule has 0 saturated carbocycles. The van der Waals surface area contributed by atoms with Crippen LogP contribution < -0.4 is 11.1 Å². The van der Waals surface area contributed by atoms with Crippen molar-refractivity contribution in [1.29, 1.82) is 0 Å². The smallest absolute Gasteiger partial charge is 0.252 e. The standard InChI is InChI=1S/C14H15N5O/c15-5-1-2-11-10-16-6-3-12(11)14(20)19-7-4-13-17-8-9-18-13/h3,6,8-10H,4-5,7,15H2,(H,17,18)(H,19,20). The summed E-state index contributed by atoms with van der Waals surface area (Å²) in [6, 6.07) is 1.64. The summed E-state index contributed by atoms with van der Waals surface area (Å²) in [4.78, 5) is 23.1. The highest BCUT2D eigenvalue weighted by atomic mass is 16.1. The number of nitrogens with one attached hydrogen (secondary N) is 2. The third-order valence-electron chi connectivity index (χ3n) is 2.59. The Morgan fingerprint density at radius 3 is 3.10 bits per heavy atom. The second kappa shape index (κ2) is 7.07. The molecular formula is C14H15N5O. The van der Waals surface area contributed by atoms with Gasteiger partial charge in [0.25, 0.3) is 5.91 Å². The molecule has 0 fully saturated rings. The lowest BCUT2D eigenvalue weighted by Gasteiger charge is -2.05. The van der Waals surface area contributed by atoms with Gasteiger partial charge >= 0.3 is 0 Å². The number of carbonyl (C=O) groups excluding carboxylic acids is 1. The van der Waals surface area contributed by atoms with E-state index >= 15 is 0 Å². The van der Waals surface area contributed by atoms with Gasteiger partial charge in [-0.15, -0.1) is 0 Å². The van der Waals surface area contributed by atoms with E-state index < -0.39 is 0 Å². The third kappa shape index (κ3) is 3.67. The van der Waals surface area contributed by atoms with Crippen molar-refractivity contribution in [3.8, 4) is 11.8 Å². The van der Waals surface area contributed by atoms with Gasteiger partial charge in [0.15, 0.2) is 0 Å². The number of aromatic nitrogens is 3. The van der Waals surface area contributed by atoms with E-state index in [0.717, 1.165) is 5.82 Å². The largest absolute Gasteiger partial charge is 0.352 e. The maximum absolute atomic E-state index is 12.1. The molecule has 0 aliphatic rings. The van der Waals surface area contributed by atoms with Crippen LogP contribution in [0.15, 0.2) is 30.9 Å². The molecule has 0 aromatic carbocycles. The number of aromatic amines is 1. The van der Waals surface area contributed by atoms with Crippen LogP contribution in [0.25, 0.3) is 0 Å². The first kappa shape index (κ1) is 13.8. The average Bonchev–Trinajstić information content (AvgIpc) is 2.98. The summed E-state index contributed by atoms with van der Waals surface area (Å²) in [6.45, 7) is 0.743. The molecule has 0 unspecified atom stereocenters. The number of nitrogens with two attached hydrogens (primary N) is 1. The number of imidazole rings is 1. The third-order valence-corrected chi connectivity index (χ3v) is 2.59. The Hall–Kier alpha value is -2.65. The number of pyridine rings is 1. The van der Waals surface area contributed by atoms with Crippen LogP contribution in [0.1, 0.15) is 21.7 Å². The molecule has 102 valence electrons. The van der Waals surface area contributed by atoms with Crippen LogP contribution >= 0.6 is 0 Å². The molecule has 2 aromatic rings. The molecule has 2 heterocycles. The number of amides is 1. The zero-order chi connectivity index (χ0) is 14.2. The fourth-order valence-corrected chi connectivity index (χ4v) is 1.66. The van der Waals surface area contributed by atoms with Gasteiger partial charge in [-0.2, -0.15) is 0 Å². The van der Waals surface area contributed by atoms with Gasteiger partial charge in [0, 0.05) is 37.8 Å². The summed E-state index contributed by atoms with van der Waals surface area (Å²) >= 11 is 0. The minimum atomic E-state index is -0.180. The van der Waals surface area contributed by atoms with Crippen molar-refractivity contribution in [2.75, 3.05) is 13.1 Å². The molecule has 0 aliphatic heterocycles. The van der Waals surface area contributed by atoms with E-state index in [-0.39, 0.29) is 12.5 Å². The number of H-pyrrole nitrogens is 1. The Kier molecular flexibility index (Phi) is 4.87. The average molecular weight is 269 g/mol. The van der Waals surface area contributed by atoms with E-state index in [9.17, 15) is 4.79 Å². The first-order valence-electron chi connectivity index (χ1n) is 6.20. The number of rotatable bonds is 4. The highest BCUT2D eigenvalue weighted by Crippen LogP contribution is 2.05. The van der Waals surface area contributed by atoms with Crippen LogP contribution in [0, 0.1) is 11.8 Å². The van der Waals surface area contributed by atoms with Gasteiger partial charge in [0.1, 0.15) is 5.82 Å². The minimum absolute atomic E-state index is 0.180. The van der Waals surface area contributed by atoms with Gasteiger partial charge in [0.2, 0.25) is 0 Å². The maximum Gasteiger partial charge on any atom is 0.252 e. The van der Waals surface area contributed by atoms with Crippen molar-refractivity contribution in [3.63, 3.8) is 0 Å². The van der Waals surface area contributed by atoms with Crippen LogP contribution in [0.5, 0.6) is 0 Å². The van der Waals surface area contributed by atoms with Gasteiger partial charge in [0.05, 0.1) is 17.7 Å². The van der Waals surface area contributed by atoms with Gasteiger partial charge < -0.3 is 16.0 Å². The van der Waals surface area contributed by atoms with E-state index in [1.165, 1.54) is 0 Å². The summed E-state index contributed by atoms with van der Waals surface area (Å²) in [5, 5.41) is 2.83. The van der Waals surface area contributed by atoms with Gasteiger partial charge in [-0.1, -0.05) is 11.8 Å². The molecule has 0 bridgehead atoms. The van der Waals surface area contributed by atoms with E-state index in [2.05, 4.69) is 32.1 Å². The number of hydrogen-bond donors (Lipinski definition) is 3. The van der Waals surface area contributed by atoms with Crippen LogP contribution in [-0.4, -0.2) is 33.9 Å². The zero-order valence-corrected chi connectivity index (χ0v) is 10.9. The monoisotopic (exact) mass is 269 g/mol. The Morgan fingerprint density at radius 2 is 2.35 bits per heavy atom. The number of nitrogens with zero attached hydrogens (tertiary/aromatic N) is 2. The molecule has 6 heteroatoms. The molecule has 0 saturated heterocycles. The SMILES string of the molecule is NCC#Cc1cnccc1C(=O)NCCc1ncc[nH]1. The predicted molar refractivity (Wildman–Crippen MR) is 74.8 cm³/mol. The van der Waals surface area contributed by atoms with Crippen LogP contribution in [0.4, 0.5) is 0 Å². The minimum Gasteiger partial charge on any atom is -0.352 e. The molecule has 0 spiro atoms. The number of carbonyl (C=O) groups is 1. The summed E-state index contributed by atoms with van der Waals surface area (Å²) in [7, 11) is 0. The first-order chi connectivity index (χ1) is 9.81. The number of hydrogen-bond acceptors (Lipinski definition) is 4. The first-order valence-corrected chi connectivity index (χ1v) is 6.20. The summed E-state index contributed by atoms with van der Waals surface area (Å²) in [5.41, 5.74) is 6.41. The normalized spacial score (nSPS) is 9.65. The predicted octanol–water partition coefficient (Wildman–Crippen LogP) is 0.0874. The van der Waals surface area contributed by atoms with Crippen LogP contribution in [0.2, 0.25) is 0 Å². The molecule has 20 heavy (non-hydrogen) atoms. The molecule has 0 aliphatic carbocycles. The summed E-state index contributed by atoms with van der Waals surface area (Å²) in [5.74, 6) is 6.22. The van der Waals surface area contributed by atoms with Crippen molar-refractivity contribution >= 4 is 5.91 Å². The zero-order valence-electron chi connectivity index (χ0n) is 10.9. The van der Waals surface area contributed by atoms with Crippen molar-refractivity contribution < 1.29 is 4.79 Å². The lowest BCUT2D eigenvalue weighted by Crippen LogP contribution is -2.26. The van der Waals surface area contributed by atoms with Crippen molar-refractivity contribution in [1.82, 2.24) is 20.3 Å². The molecule has 6 nitrogen and oxygen atoms in total. The Bertz CT molecular complexity index is 625. The molecule has 4 N–H and O–H groups in total. The van der Waals surface area contributed by atoms with E-state index in [4.69, 9.17) is 5.73 Å². The van der Waals surface area contributed by atoms with Crippen LogP contribution in [0.3, 0.4) is 0 Å². The summed E-state index contributed by atoms with van der Waals surface area (Å²) in [6.07, 6.45) is 7.20. The van der Waals surface area contributed by atoms with E-state index in [1.807, 2.05) is 0 Å². The van der Waals surface area contributed by atoms with Crippen LogP contribution in [-0.2, 0) is 6.42 Å². The van der Waals surface area contributed by atoms with Gasteiger partial charge in [-0.3, -0.25) is 9.78 Å². The van der Waals surface area contributed by atoms with Crippen molar-refractivity contribution in [3.05, 3.63) is 47.8 Å². The van der Waals surface area contributed by atoms with Crippen molar-refractivity contribution in [2.45, 2.75) is 6.42 Å². The fourth-order valence-electron chi connectivity index (χ4n) is 1.66. The topological polar surface area (TPSA) is 96.7 Å². The molecule has 2 rings (SSSR count). The fraction of sp³-hybridized carbons (Fsp3) is 0.214. The molecule has 1 amide bonds. The molecule has 2 aromatic heterocycles. The van der Waals surface area contributed by atoms with Crippen molar-refractivity contribution in [2.24, 2.45) is 5.73 Å². The quantitative estimate of drug-likeness (QED) is 0.685. The molecule has 0 radical (unpaired) electrons. The highest BCUT2D eigenvalue weighted by Gasteiger charge is 2.09. The maximum atomic E-state index is 12.1. The summed E-state index contributed by atoms with van der Waals surface area (Å²) < 4.78 is 0. The Morgan fingerprint density at radius 1 is 1.45 bits per heavy atom. The van der Waals surface area contributed by atoms with E-state index in [1.54, 1.807) is 30.9 Å². The van der Waals surface area contributed by atoms with Gasteiger partial charge in [-0.05, 0) is 6.07 Å². The molecular weight excluding hydrogens is 254 g/mol. The Labute approximate surface area is 116 Å². The Balaban J connectivity index is 1.98. The highest BCUT2D eigenvalue weighted by molar-refractivity contribution is 5.96. The molecule has 0 atom stereocenters. The van der Waals surface area contributed by atoms with E-state index in [0.29, 0.717) is 24.1 Å². The lowest BCUT2D eigenvalue weighted by molar-refractivity contribution is 0.0953. The second-order valence-electron chi connectivity index (χ2n) is 3.97.